The van der Waals surface area contributed by atoms with E-state index in [-0.39, 0.29) is 5.78 Å². The lowest BCUT2D eigenvalue weighted by Crippen LogP contribution is -1.99. The number of carbonyl (C=O) groups excluding carboxylic acids is 1. The first-order valence-electron chi connectivity index (χ1n) is 9.98. The Morgan fingerprint density at radius 3 is 2.66 bits per heavy atom. The molecule has 0 N–H and O–H groups in total. The van der Waals surface area contributed by atoms with Gasteiger partial charge in [0.1, 0.15) is 18.1 Å². The van der Waals surface area contributed by atoms with E-state index in [9.17, 15) is 4.79 Å². The van der Waals surface area contributed by atoms with Gasteiger partial charge in [0, 0.05) is 33.7 Å². The summed E-state index contributed by atoms with van der Waals surface area (Å²) in [6.45, 7) is 0.352. The van der Waals surface area contributed by atoms with E-state index in [4.69, 9.17) is 9.47 Å². The Morgan fingerprint density at radius 2 is 1.94 bits per heavy atom. The normalized spacial score (nSPS) is 10.9. The standard InChI is InChI=1S/C26H21BrN2O3/c1-31-26-12-6-19(15-21(26)17-32-24-4-2-3-22(27)16-24)5-11-25(30)20-7-9-23(10-8-20)29-14-13-28-18-29/h2-16,18H,17H2,1H3/b11-5+. The third-order valence-electron chi connectivity index (χ3n) is 4.88. The molecule has 0 radical (unpaired) electrons. The first kappa shape index (κ1) is 21.6. The van der Waals surface area contributed by atoms with E-state index in [1.54, 1.807) is 31.8 Å². The van der Waals surface area contributed by atoms with Crippen LogP contribution in [0.5, 0.6) is 11.5 Å². The fourth-order valence-corrected chi connectivity index (χ4v) is 3.59. The van der Waals surface area contributed by atoms with Crippen molar-refractivity contribution >= 4 is 27.8 Å². The zero-order valence-electron chi connectivity index (χ0n) is 17.4. The van der Waals surface area contributed by atoms with E-state index in [1.807, 2.05) is 77.5 Å². The van der Waals surface area contributed by atoms with Gasteiger partial charge in [-0.3, -0.25) is 4.79 Å². The van der Waals surface area contributed by atoms with Crippen LogP contribution in [0, 0.1) is 0 Å². The Morgan fingerprint density at radius 1 is 1.09 bits per heavy atom. The monoisotopic (exact) mass is 488 g/mol. The van der Waals surface area contributed by atoms with Gasteiger partial charge in [-0.05, 0) is 66.2 Å². The number of hydrogen-bond acceptors (Lipinski definition) is 4. The van der Waals surface area contributed by atoms with Gasteiger partial charge in [-0.1, -0.05) is 34.1 Å². The van der Waals surface area contributed by atoms with Crippen molar-refractivity contribution in [3.8, 4) is 17.2 Å². The molecule has 1 heterocycles. The minimum absolute atomic E-state index is 0.0649. The van der Waals surface area contributed by atoms with Gasteiger partial charge in [0.05, 0.1) is 13.4 Å². The summed E-state index contributed by atoms with van der Waals surface area (Å²) in [4.78, 5) is 16.6. The molecule has 0 aliphatic rings. The number of nitrogens with zero attached hydrogens (tertiary/aromatic N) is 2. The summed E-state index contributed by atoms with van der Waals surface area (Å²) in [6, 6.07) is 20.8. The summed E-state index contributed by atoms with van der Waals surface area (Å²) in [5.74, 6) is 1.43. The van der Waals surface area contributed by atoms with Gasteiger partial charge in [0.15, 0.2) is 5.78 Å². The molecule has 0 unspecified atom stereocenters. The average molecular weight is 489 g/mol. The van der Waals surface area contributed by atoms with Crippen molar-refractivity contribution in [3.05, 3.63) is 113 Å². The molecule has 160 valence electrons. The summed E-state index contributed by atoms with van der Waals surface area (Å²) in [5, 5.41) is 0. The van der Waals surface area contributed by atoms with E-state index >= 15 is 0 Å². The molecule has 0 fully saturated rings. The number of methoxy groups -OCH3 is 1. The highest BCUT2D eigenvalue weighted by molar-refractivity contribution is 9.10. The molecule has 0 bridgehead atoms. The highest BCUT2D eigenvalue weighted by atomic mass is 79.9. The molecule has 6 heteroatoms. The number of aromatic nitrogens is 2. The molecule has 0 atom stereocenters. The summed E-state index contributed by atoms with van der Waals surface area (Å²) in [5.41, 5.74) is 3.36. The van der Waals surface area contributed by atoms with Crippen LogP contribution in [0.25, 0.3) is 11.8 Å². The maximum Gasteiger partial charge on any atom is 0.185 e. The molecule has 4 rings (SSSR count). The van der Waals surface area contributed by atoms with Gasteiger partial charge in [-0.15, -0.1) is 0 Å². The van der Waals surface area contributed by atoms with Gasteiger partial charge >= 0.3 is 0 Å². The maximum absolute atomic E-state index is 12.6. The van der Waals surface area contributed by atoms with Crippen LogP contribution in [-0.2, 0) is 6.61 Å². The van der Waals surface area contributed by atoms with E-state index in [1.165, 1.54) is 0 Å². The van der Waals surface area contributed by atoms with E-state index in [2.05, 4.69) is 20.9 Å². The zero-order valence-corrected chi connectivity index (χ0v) is 19.0. The number of benzene rings is 3. The Labute approximate surface area is 195 Å². The van der Waals surface area contributed by atoms with E-state index in [0.717, 1.165) is 32.8 Å². The van der Waals surface area contributed by atoms with Crippen molar-refractivity contribution in [3.63, 3.8) is 0 Å². The predicted molar refractivity (Wildman–Crippen MR) is 128 cm³/mol. The smallest absolute Gasteiger partial charge is 0.185 e. The van der Waals surface area contributed by atoms with Gasteiger partial charge in [0.2, 0.25) is 0 Å². The van der Waals surface area contributed by atoms with Crippen molar-refractivity contribution < 1.29 is 14.3 Å². The third kappa shape index (κ3) is 5.34. The maximum atomic E-state index is 12.6. The van der Waals surface area contributed by atoms with Crippen molar-refractivity contribution in [2.45, 2.75) is 6.61 Å². The lowest BCUT2D eigenvalue weighted by atomic mass is 10.1. The molecule has 0 aliphatic heterocycles. The Hall–Kier alpha value is -3.64. The average Bonchev–Trinajstić information content (AvgIpc) is 3.36. The number of allylic oxidation sites excluding steroid dienone is 1. The van der Waals surface area contributed by atoms with E-state index < -0.39 is 0 Å². The molecule has 0 spiro atoms. The van der Waals surface area contributed by atoms with Crippen LogP contribution in [0.2, 0.25) is 0 Å². The predicted octanol–water partition coefficient (Wildman–Crippen LogP) is 6.12. The zero-order chi connectivity index (χ0) is 22.3. The van der Waals surface area contributed by atoms with Crippen molar-refractivity contribution in [2.24, 2.45) is 0 Å². The van der Waals surface area contributed by atoms with Crippen LogP contribution in [0.3, 0.4) is 0 Å². The lowest BCUT2D eigenvalue weighted by molar-refractivity contribution is 0.104. The van der Waals surface area contributed by atoms with Crippen LogP contribution >= 0.6 is 15.9 Å². The number of rotatable bonds is 8. The van der Waals surface area contributed by atoms with E-state index in [0.29, 0.717) is 12.2 Å². The molecular formula is C26H21BrN2O3. The molecule has 0 aliphatic carbocycles. The fraction of sp³-hybridized carbons (Fsp3) is 0.0769. The quantitative estimate of drug-likeness (QED) is 0.221. The number of ketones is 1. The van der Waals surface area contributed by atoms with Crippen LogP contribution in [0.1, 0.15) is 21.5 Å². The molecule has 4 aromatic rings. The van der Waals surface area contributed by atoms with Gasteiger partial charge in [0.25, 0.3) is 0 Å². The number of carbonyl (C=O) groups is 1. The van der Waals surface area contributed by atoms with Gasteiger partial charge < -0.3 is 14.0 Å². The summed E-state index contributed by atoms with van der Waals surface area (Å²) < 4.78 is 14.2. The summed E-state index contributed by atoms with van der Waals surface area (Å²) in [7, 11) is 1.63. The summed E-state index contributed by atoms with van der Waals surface area (Å²) >= 11 is 3.45. The van der Waals surface area contributed by atoms with Crippen LogP contribution < -0.4 is 9.47 Å². The lowest BCUT2D eigenvalue weighted by Gasteiger charge is -2.11. The Balaban J connectivity index is 1.46. The number of imidazole rings is 1. The third-order valence-corrected chi connectivity index (χ3v) is 5.37. The second-order valence-corrected chi connectivity index (χ2v) is 7.95. The highest BCUT2D eigenvalue weighted by Gasteiger charge is 2.07. The molecule has 0 amide bonds. The molecular weight excluding hydrogens is 468 g/mol. The SMILES string of the molecule is COc1ccc(/C=C/C(=O)c2ccc(-n3ccnc3)cc2)cc1COc1cccc(Br)c1. The highest BCUT2D eigenvalue weighted by Crippen LogP contribution is 2.24. The van der Waals surface area contributed by atoms with Crippen molar-refractivity contribution in [2.75, 3.05) is 7.11 Å². The number of hydrogen-bond donors (Lipinski definition) is 0. The molecule has 0 saturated heterocycles. The molecule has 32 heavy (non-hydrogen) atoms. The molecule has 0 saturated carbocycles. The Bertz CT molecular complexity index is 1230. The van der Waals surface area contributed by atoms with Crippen molar-refractivity contribution in [1.82, 2.24) is 9.55 Å². The van der Waals surface area contributed by atoms with Crippen LogP contribution in [0.4, 0.5) is 0 Å². The second-order valence-electron chi connectivity index (χ2n) is 7.03. The van der Waals surface area contributed by atoms with Crippen LogP contribution in [0.15, 0.2) is 96.0 Å². The first-order chi connectivity index (χ1) is 15.6. The molecule has 5 nitrogen and oxygen atoms in total. The minimum Gasteiger partial charge on any atom is -0.496 e. The minimum atomic E-state index is -0.0649. The number of ether oxygens (including phenoxy) is 2. The van der Waals surface area contributed by atoms with Gasteiger partial charge in [-0.25, -0.2) is 4.98 Å². The molecule has 1 aromatic heterocycles. The topological polar surface area (TPSA) is 53.4 Å². The largest absolute Gasteiger partial charge is 0.496 e. The number of halogens is 1. The van der Waals surface area contributed by atoms with Gasteiger partial charge in [-0.2, -0.15) is 0 Å². The van der Waals surface area contributed by atoms with Crippen LogP contribution in [-0.4, -0.2) is 22.4 Å². The van der Waals surface area contributed by atoms with Crippen molar-refractivity contribution in [1.29, 1.82) is 0 Å². The fourth-order valence-electron chi connectivity index (χ4n) is 3.21. The first-order valence-corrected chi connectivity index (χ1v) is 10.8. The molecule has 3 aromatic carbocycles. The Kier molecular flexibility index (Phi) is 6.82. The summed E-state index contributed by atoms with van der Waals surface area (Å²) in [6.07, 6.45) is 8.67. The second kappa shape index (κ2) is 10.1.